The Morgan fingerprint density at radius 3 is 3.00 bits per heavy atom. The average molecular weight is 198 g/mol. The molecule has 0 saturated carbocycles. The Kier molecular flexibility index (Phi) is 1.70. The number of carboxylic acid groups (broad SMARTS) is 1. The number of halogens is 1. The van der Waals surface area contributed by atoms with E-state index in [4.69, 9.17) is 21.2 Å². The molecule has 0 atom stereocenters. The van der Waals surface area contributed by atoms with Crippen LogP contribution in [0.1, 0.15) is 10.4 Å². The monoisotopic (exact) mass is 197 g/mol. The molecule has 1 heterocycles. The number of hydrogen-bond donors (Lipinski definition) is 1. The van der Waals surface area contributed by atoms with Crippen LogP contribution >= 0.6 is 11.6 Å². The van der Waals surface area contributed by atoms with Crippen molar-refractivity contribution in [2.45, 2.75) is 0 Å². The van der Waals surface area contributed by atoms with Crippen LogP contribution in [-0.4, -0.2) is 16.2 Å². The van der Waals surface area contributed by atoms with Crippen molar-refractivity contribution in [2.75, 3.05) is 0 Å². The van der Waals surface area contributed by atoms with Crippen LogP contribution in [0.25, 0.3) is 11.0 Å². The fourth-order valence-electron chi connectivity index (χ4n) is 1.10. The first-order valence-electron chi connectivity index (χ1n) is 3.47. The second-order valence-corrected chi connectivity index (χ2v) is 2.82. The Bertz CT molecular complexity index is 477. The number of carboxylic acids is 1. The molecule has 1 N–H and O–H groups in total. The lowest BCUT2D eigenvalue weighted by Crippen LogP contribution is -1.95. The van der Waals surface area contributed by atoms with Gasteiger partial charge in [0.05, 0.1) is 5.39 Å². The van der Waals surface area contributed by atoms with Gasteiger partial charge in [-0.2, -0.15) is 0 Å². The number of para-hydroxylation sites is 1. The highest BCUT2D eigenvalue weighted by molar-refractivity contribution is 6.34. The molecule has 0 aliphatic heterocycles. The van der Waals surface area contributed by atoms with Crippen LogP contribution in [0, 0.1) is 0 Å². The summed E-state index contributed by atoms with van der Waals surface area (Å²) in [5, 5.41) is 12.9. The van der Waals surface area contributed by atoms with Gasteiger partial charge in [0.25, 0.3) is 0 Å². The van der Waals surface area contributed by atoms with E-state index in [2.05, 4.69) is 5.16 Å². The van der Waals surface area contributed by atoms with Gasteiger partial charge in [-0.15, -0.1) is 0 Å². The van der Waals surface area contributed by atoms with Crippen molar-refractivity contribution in [3.63, 3.8) is 0 Å². The molecule has 0 spiro atoms. The highest BCUT2D eigenvalue weighted by atomic mass is 35.5. The van der Waals surface area contributed by atoms with Crippen LogP contribution in [0.5, 0.6) is 0 Å². The minimum atomic E-state index is -1.06. The largest absolute Gasteiger partial charge is 0.478 e. The van der Waals surface area contributed by atoms with Crippen molar-refractivity contribution < 1.29 is 14.4 Å². The zero-order chi connectivity index (χ0) is 9.42. The number of rotatable bonds is 1. The highest BCUT2D eigenvalue weighted by Gasteiger charge is 2.14. The van der Waals surface area contributed by atoms with E-state index in [1.165, 1.54) is 6.07 Å². The summed E-state index contributed by atoms with van der Waals surface area (Å²) in [4.78, 5) is 10.7. The van der Waals surface area contributed by atoms with Gasteiger partial charge in [0.1, 0.15) is 5.56 Å². The molecule has 2 rings (SSSR count). The second-order valence-electron chi connectivity index (χ2n) is 2.46. The average Bonchev–Trinajstić information content (AvgIpc) is 2.48. The normalized spacial score (nSPS) is 10.5. The number of hydrogen-bond acceptors (Lipinski definition) is 3. The predicted molar refractivity (Wildman–Crippen MR) is 46.0 cm³/mol. The molecule has 0 amide bonds. The van der Waals surface area contributed by atoms with E-state index in [1.54, 1.807) is 12.1 Å². The maximum Gasteiger partial charge on any atom is 0.339 e. The second kappa shape index (κ2) is 2.74. The van der Waals surface area contributed by atoms with Gasteiger partial charge in [0.15, 0.2) is 10.7 Å². The van der Waals surface area contributed by atoms with Crippen molar-refractivity contribution in [3.05, 3.63) is 28.9 Å². The van der Waals surface area contributed by atoms with E-state index in [1.807, 2.05) is 0 Å². The maximum atomic E-state index is 10.7. The predicted octanol–water partition coefficient (Wildman–Crippen LogP) is 2.18. The number of fused-ring (bicyclic) bond motifs is 1. The van der Waals surface area contributed by atoms with Crippen molar-refractivity contribution in [1.29, 1.82) is 0 Å². The molecular formula is C8H4ClNO3. The summed E-state index contributed by atoms with van der Waals surface area (Å²) in [7, 11) is 0. The lowest BCUT2D eigenvalue weighted by atomic mass is 10.2. The van der Waals surface area contributed by atoms with Crippen LogP contribution in [0.2, 0.25) is 5.15 Å². The van der Waals surface area contributed by atoms with Crippen LogP contribution in [0.4, 0.5) is 0 Å². The smallest absolute Gasteiger partial charge is 0.339 e. The molecule has 0 aliphatic rings. The van der Waals surface area contributed by atoms with Crippen molar-refractivity contribution in [1.82, 2.24) is 5.16 Å². The zero-order valence-electron chi connectivity index (χ0n) is 6.32. The van der Waals surface area contributed by atoms with E-state index >= 15 is 0 Å². The van der Waals surface area contributed by atoms with E-state index in [0.29, 0.717) is 5.39 Å². The molecule has 66 valence electrons. The third kappa shape index (κ3) is 1.15. The Balaban J connectivity index is 2.84. The summed E-state index contributed by atoms with van der Waals surface area (Å²) in [6.45, 7) is 0. The minimum absolute atomic E-state index is 0.0666. The van der Waals surface area contributed by atoms with Crippen LogP contribution in [0.15, 0.2) is 22.7 Å². The zero-order valence-corrected chi connectivity index (χ0v) is 7.08. The van der Waals surface area contributed by atoms with Gasteiger partial charge in [-0.3, -0.25) is 0 Å². The summed E-state index contributed by atoms with van der Waals surface area (Å²) in [6.07, 6.45) is 0. The molecule has 0 bridgehead atoms. The van der Waals surface area contributed by atoms with Crippen molar-refractivity contribution in [2.24, 2.45) is 0 Å². The Morgan fingerprint density at radius 1 is 1.54 bits per heavy atom. The number of nitrogens with zero attached hydrogens (tertiary/aromatic N) is 1. The van der Waals surface area contributed by atoms with Gasteiger partial charge in [0, 0.05) is 0 Å². The molecule has 0 fully saturated rings. The van der Waals surface area contributed by atoms with E-state index in [0.717, 1.165) is 0 Å². The Labute approximate surface area is 77.7 Å². The topological polar surface area (TPSA) is 63.3 Å². The number of benzene rings is 1. The van der Waals surface area contributed by atoms with E-state index in [-0.39, 0.29) is 16.3 Å². The molecule has 13 heavy (non-hydrogen) atoms. The van der Waals surface area contributed by atoms with Gasteiger partial charge >= 0.3 is 5.97 Å². The van der Waals surface area contributed by atoms with Gasteiger partial charge in [-0.1, -0.05) is 22.8 Å². The molecular weight excluding hydrogens is 194 g/mol. The molecule has 0 radical (unpaired) electrons. The van der Waals surface area contributed by atoms with Crippen LogP contribution in [0.3, 0.4) is 0 Å². The molecule has 2 aromatic rings. The fraction of sp³-hybridized carbons (Fsp3) is 0. The summed E-state index contributed by atoms with van der Waals surface area (Å²) in [5.41, 5.74) is 0.275. The maximum absolute atomic E-state index is 10.7. The standard InChI is InChI=1S/C8H4ClNO3/c9-7-4-2-1-3-5(8(11)12)6(4)13-10-7/h1-3H,(H,11,12). The highest BCUT2D eigenvalue weighted by Crippen LogP contribution is 2.25. The number of aromatic carboxylic acids is 1. The van der Waals surface area contributed by atoms with E-state index in [9.17, 15) is 4.79 Å². The van der Waals surface area contributed by atoms with E-state index < -0.39 is 5.97 Å². The summed E-state index contributed by atoms with van der Waals surface area (Å²) >= 11 is 5.65. The molecule has 4 nitrogen and oxygen atoms in total. The summed E-state index contributed by atoms with van der Waals surface area (Å²) in [5.74, 6) is -1.06. The SMILES string of the molecule is O=C(O)c1cccc2c(Cl)noc12. The minimum Gasteiger partial charge on any atom is -0.478 e. The van der Waals surface area contributed by atoms with Gasteiger partial charge < -0.3 is 9.63 Å². The number of aromatic nitrogens is 1. The lowest BCUT2D eigenvalue weighted by Gasteiger charge is -1.92. The van der Waals surface area contributed by atoms with Crippen LogP contribution < -0.4 is 0 Å². The molecule has 0 unspecified atom stereocenters. The number of carbonyl (C=O) groups is 1. The van der Waals surface area contributed by atoms with Crippen LogP contribution in [-0.2, 0) is 0 Å². The van der Waals surface area contributed by atoms with Gasteiger partial charge in [0.2, 0.25) is 0 Å². The third-order valence-electron chi connectivity index (χ3n) is 1.68. The molecule has 0 saturated heterocycles. The summed E-state index contributed by atoms with van der Waals surface area (Å²) < 4.78 is 4.78. The quantitative estimate of drug-likeness (QED) is 0.761. The van der Waals surface area contributed by atoms with Gasteiger partial charge in [-0.05, 0) is 12.1 Å². The third-order valence-corrected chi connectivity index (χ3v) is 1.96. The first-order chi connectivity index (χ1) is 6.20. The molecule has 1 aromatic heterocycles. The Morgan fingerprint density at radius 2 is 2.31 bits per heavy atom. The lowest BCUT2D eigenvalue weighted by molar-refractivity contribution is 0.0697. The molecule has 1 aromatic carbocycles. The molecule has 5 heteroatoms. The van der Waals surface area contributed by atoms with Gasteiger partial charge in [-0.25, -0.2) is 4.79 Å². The van der Waals surface area contributed by atoms with Crippen molar-refractivity contribution in [3.8, 4) is 0 Å². The van der Waals surface area contributed by atoms with Crippen molar-refractivity contribution >= 4 is 28.5 Å². The fourth-order valence-corrected chi connectivity index (χ4v) is 1.28. The first kappa shape index (κ1) is 8.07. The molecule has 0 aliphatic carbocycles. The first-order valence-corrected chi connectivity index (χ1v) is 3.85. The Hall–Kier alpha value is -1.55. The summed E-state index contributed by atoms with van der Waals surface area (Å²) in [6, 6.07) is 4.68.